The summed E-state index contributed by atoms with van der Waals surface area (Å²) in [6, 6.07) is 12.2. The van der Waals surface area contributed by atoms with Crippen molar-refractivity contribution in [3.05, 3.63) is 59.2 Å². The van der Waals surface area contributed by atoms with Crippen molar-refractivity contribution in [2.24, 2.45) is 0 Å². The number of amides is 1. The Morgan fingerprint density at radius 1 is 1.00 bits per heavy atom. The summed E-state index contributed by atoms with van der Waals surface area (Å²) < 4.78 is 27.7. The Kier molecular flexibility index (Phi) is 6.42. The Labute approximate surface area is 156 Å². The van der Waals surface area contributed by atoms with Crippen LogP contribution >= 0.6 is 0 Å². The Bertz CT molecular complexity index is 874. The van der Waals surface area contributed by atoms with Crippen molar-refractivity contribution in [3.63, 3.8) is 0 Å². The number of hydrogen-bond acceptors (Lipinski definition) is 3. The summed E-state index contributed by atoms with van der Waals surface area (Å²) in [4.78, 5) is 12.5. The molecule has 26 heavy (non-hydrogen) atoms. The topological polar surface area (TPSA) is 66.5 Å². The fourth-order valence-electron chi connectivity index (χ4n) is 2.67. The molecule has 2 aromatic rings. The first-order valence-corrected chi connectivity index (χ1v) is 10.1. The quantitative estimate of drug-likeness (QED) is 0.808. The predicted octanol–water partition coefficient (Wildman–Crippen LogP) is 3.33. The highest BCUT2D eigenvalue weighted by atomic mass is 32.2. The Balaban J connectivity index is 2.48. The molecular weight excluding hydrogens is 348 g/mol. The van der Waals surface area contributed by atoms with Crippen molar-refractivity contribution in [3.8, 4) is 0 Å². The lowest BCUT2D eigenvalue weighted by molar-refractivity contribution is -0.119. The van der Waals surface area contributed by atoms with Crippen molar-refractivity contribution >= 4 is 21.6 Å². The molecule has 0 atom stereocenters. The molecular formula is C20H26N2O3S. The van der Waals surface area contributed by atoms with Gasteiger partial charge in [-0.1, -0.05) is 42.3 Å². The molecule has 0 spiro atoms. The number of benzene rings is 2. The third-order valence-electron chi connectivity index (χ3n) is 4.09. The molecule has 2 aromatic carbocycles. The monoisotopic (exact) mass is 374 g/mol. The van der Waals surface area contributed by atoms with E-state index in [1.165, 1.54) is 4.31 Å². The van der Waals surface area contributed by atoms with Crippen molar-refractivity contribution in [1.29, 1.82) is 0 Å². The molecule has 0 heterocycles. The van der Waals surface area contributed by atoms with Crippen LogP contribution in [0.3, 0.4) is 0 Å². The molecule has 0 radical (unpaired) electrons. The zero-order valence-electron chi connectivity index (χ0n) is 15.7. The van der Waals surface area contributed by atoms with Crippen LogP contribution in [0, 0.1) is 20.8 Å². The number of carbonyl (C=O) groups excluding carboxylic acids is 1. The van der Waals surface area contributed by atoms with Gasteiger partial charge in [0.25, 0.3) is 10.0 Å². The van der Waals surface area contributed by atoms with Crippen molar-refractivity contribution < 1.29 is 13.2 Å². The van der Waals surface area contributed by atoms with Gasteiger partial charge in [0.05, 0.1) is 10.6 Å². The van der Waals surface area contributed by atoms with Crippen LogP contribution in [-0.2, 0) is 14.8 Å². The number of nitrogens with one attached hydrogen (secondary N) is 1. The van der Waals surface area contributed by atoms with Gasteiger partial charge in [0.2, 0.25) is 5.91 Å². The van der Waals surface area contributed by atoms with Gasteiger partial charge >= 0.3 is 0 Å². The van der Waals surface area contributed by atoms with E-state index in [1.54, 1.807) is 30.3 Å². The molecule has 1 N–H and O–H groups in total. The number of sulfonamides is 1. The first-order chi connectivity index (χ1) is 12.3. The molecule has 0 aliphatic heterocycles. The second-order valence-electron chi connectivity index (χ2n) is 6.46. The van der Waals surface area contributed by atoms with Gasteiger partial charge in [-0.05, 0) is 51.0 Å². The lowest BCUT2D eigenvalue weighted by atomic mass is 10.1. The second-order valence-corrected chi connectivity index (χ2v) is 8.33. The van der Waals surface area contributed by atoms with Crippen LogP contribution in [0.15, 0.2) is 47.4 Å². The van der Waals surface area contributed by atoms with Crippen molar-refractivity contribution in [2.75, 3.05) is 17.4 Å². The summed E-state index contributed by atoms with van der Waals surface area (Å²) >= 11 is 0. The highest BCUT2D eigenvalue weighted by molar-refractivity contribution is 7.92. The number of anilines is 1. The minimum absolute atomic E-state index is 0.173. The van der Waals surface area contributed by atoms with Gasteiger partial charge in [-0.3, -0.25) is 9.10 Å². The molecule has 2 rings (SSSR count). The van der Waals surface area contributed by atoms with Crippen LogP contribution in [0.4, 0.5) is 5.69 Å². The van der Waals surface area contributed by atoms with E-state index in [4.69, 9.17) is 0 Å². The SMILES string of the molecule is CCCNC(=O)CN(c1ccc(C)cc1C)S(=O)(=O)c1ccc(C)cc1. The number of carbonyl (C=O) groups is 1. The van der Waals surface area contributed by atoms with Crippen LogP contribution in [0.5, 0.6) is 0 Å². The van der Waals surface area contributed by atoms with E-state index in [-0.39, 0.29) is 17.3 Å². The normalized spacial score (nSPS) is 11.2. The third-order valence-corrected chi connectivity index (χ3v) is 5.86. The Morgan fingerprint density at radius 2 is 1.62 bits per heavy atom. The highest BCUT2D eigenvalue weighted by Crippen LogP contribution is 2.27. The standard InChI is InChI=1S/C20H26N2O3S/c1-5-12-21-20(23)14-22(19-11-8-16(3)13-17(19)4)26(24,25)18-9-6-15(2)7-10-18/h6-11,13H,5,12,14H2,1-4H3,(H,21,23). The number of rotatable bonds is 7. The maximum Gasteiger partial charge on any atom is 0.264 e. The average Bonchev–Trinajstić information content (AvgIpc) is 2.58. The molecule has 6 heteroatoms. The van der Waals surface area contributed by atoms with E-state index in [1.807, 2.05) is 39.8 Å². The third kappa shape index (κ3) is 4.64. The van der Waals surface area contributed by atoms with Crippen LogP contribution in [-0.4, -0.2) is 27.4 Å². The van der Waals surface area contributed by atoms with E-state index in [0.29, 0.717) is 12.2 Å². The van der Waals surface area contributed by atoms with Gasteiger partial charge < -0.3 is 5.32 Å². The number of nitrogens with zero attached hydrogens (tertiary/aromatic N) is 1. The number of aryl methyl sites for hydroxylation is 3. The van der Waals surface area contributed by atoms with Gasteiger partial charge in [0, 0.05) is 6.54 Å². The molecule has 0 unspecified atom stereocenters. The van der Waals surface area contributed by atoms with Gasteiger partial charge in [-0.25, -0.2) is 8.42 Å². The second kappa shape index (κ2) is 8.36. The van der Waals surface area contributed by atoms with Gasteiger partial charge in [0.15, 0.2) is 0 Å². The van der Waals surface area contributed by atoms with E-state index < -0.39 is 10.0 Å². The Hall–Kier alpha value is -2.34. The van der Waals surface area contributed by atoms with E-state index >= 15 is 0 Å². The first-order valence-electron chi connectivity index (χ1n) is 8.69. The molecule has 1 amide bonds. The molecule has 0 aliphatic rings. The minimum atomic E-state index is -3.85. The molecule has 0 saturated heterocycles. The molecule has 0 fully saturated rings. The largest absolute Gasteiger partial charge is 0.355 e. The van der Waals surface area contributed by atoms with Crippen LogP contribution in [0.2, 0.25) is 0 Å². The van der Waals surface area contributed by atoms with Crippen molar-refractivity contribution in [1.82, 2.24) is 5.32 Å². The van der Waals surface area contributed by atoms with E-state index in [9.17, 15) is 13.2 Å². The maximum absolute atomic E-state index is 13.2. The highest BCUT2D eigenvalue weighted by Gasteiger charge is 2.28. The predicted molar refractivity (Wildman–Crippen MR) is 105 cm³/mol. The Morgan fingerprint density at radius 3 is 2.19 bits per heavy atom. The zero-order chi connectivity index (χ0) is 19.3. The van der Waals surface area contributed by atoms with Crippen LogP contribution in [0.1, 0.15) is 30.0 Å². The molecule has 5 nitrogen and oxygen atoms in total. The van der Waals surface area contributed by atoms with Gasteiger partial charge in [-0.2, -0.15) is 0 Å². The van der Waals surface area contributed by atoms with Gasteiger partial charge in [0.1, 0.15) is 6.54 Å². The summed E-state index contributed by atoms with van der Waals surface area (Å²) in [5.74, 6) is -0.317. The van der Waals surface area contributed by atoms with Gasteiger partial charge in [-0.15, -0.1) is 0 Å². The summed E-state index contributed by atoms with van der Waals surface area (Å²) in [6.45, 7) is 7.92. The van der Waals surface area contributed by atoms with Crippen LogP contribution < -0.4 is 9.62 Å². The maximum atomic E-state index is 13.2. The summed E-state index contributed by atoms with van der Waals surface area (Å²) in [5.41, 5.74) is 3.34. The zero-order valence-corrected chi connectivity index (χ0v) is 16.6. The van der Waals surface area contributed by atoms with E-state index in [0.717, 1.165) is 23.1 Å². The fourth-order valence-corrected chi connectivity index (χ4v) is 4.16. The summed E-state index contributed by atoms with van der Waals surface area (Å²) in [7, 11) is -3.85. The lowest BCUT2D eigenvalue weighted by Crippen LogP contribution is -2.41. The minimum Gasteiger partial charge on any atom is -0.355 e. The van der Waals surface area contributed by atoms with Crippen molar-refractivity contribution in [2.45, 2.75) is 39.0 Å². The molecule has 140 valence electrons. The molecule has 0 bridgehead atoms. The van der Waals surface area contributed by atoms with Crippen LogP contribution in [0.25, 0.3) is 0 Å². The molecule has 0 aliphatic carbocycles. The molecule has 0 saturated carbocycles. The average molecular weight is 375 g/mol. The fraction of sp³-hybridized carbons (Fsp3) is 0.350. The lowest BCUT2D eigenvalue weighted by Gasteiger charge is -2.26. The smallest absolute Gasteiger partial charge is 0.264 e. The van der Waals surface area contributed by atoms with E-state index in [2.05, 4.69) is 5.32 Å². The molecule has 0 aromatic heterocycles. The first kappa shape index (κ1) is 20.0. The summed E-state index contributed by atoms with van der Waals surface area (Å²) in [6.07, 6.45) is 0.792. The number of hydrogen-bond donors (Lipinski definition) is 1. The summed E-state index contributed by atoms with van der Waals surface area (Å²) in [5, 5.41) is 2.75.